The fraction of sp³-hybridized carbons (Fsp3) is 0.345. The highest BCUT2D eigenvalue weighted by Gasteiger charge is 2.38. The van der Waals surface area contributed by atoms with Crippen molar-refractivity contribution in [3.05, 3.63) is 71.3 Å². The van der Waals surface area contributed by atoms with Crippen LogP contribution in [-0.4, -0.2) is 56.8 Å². The third-order valence-corrected chi connectivity index (χ3v) is 10.8. The number of carbonyl (C=O) groups is 1. The molecule has 2 aliphatic heterocycles. The number of aromatic nitrogens is 2. The summed E-state index contributed by atoms with van der Waals surface area (Å²) in [5, 5.41) is 4.87. The van der Waals surface area contributed by atoms with Gasteiger partial charge in [0.2, 0.25) is 10.0 Å². The first kappa shape index (κ1) is 26.4. The fourth-order valence-corrected chi connectivity index (χ4v) is 8.54. The molecule has 2 aromatic carbocycles. The first-order chi connectivity index (χ1) is 18.9. The lowest BCUT2D eigenvalue weighted by atomic mass is 10.1. The Hall–Kier alpha value is -2.79. The van der Waals surface area contributed by atoms with Crippen molar-refractivity contribution in [1.82, 2.24) is 19.0 Å². The average molecular weight is 579 g/mol. The number of thiocarbonyl (C=S) groups is 1. The van der Waals surface area contributed by atoms with Crippen LogP contribution in [0.2, 0.25) is 0 Å². The smallest absolute Gasteiger partial charge is 0.266 e. The summed E-state index contributed by atoms with van der Waals surface area (Å²) in [6.07, 6.45) is 10.7. The number of sulfonamides is 1. The number of rotatable bonds is 6. The monoisotopic (exact) mass is 578 g/mol. The molecule has 7 nitrogen and oxygen atoms in total. The summed E-state index contributed by atoms with van der Waals surface area (Å²) in [6.45, 7) is 1.09. The van der Waals surface area contributed by atoms with Gasteiger partial charge in [-0.25, -0.2) is 13.1 Å². The van der Waals surface area contributed by atoms with E-state index in [2.05, 4.69) is 0 Å². The second-order valence-electron chi connectivity index (χ2n) is 10.2. The number of carbonyl (C=O) groups excluding carboxylic acids is 1. The van der Waals surface area contributed by atoms with Gasteiger partial charge in [0, 0.05) is 36.5 Å². The van der Waals surface area contributed by atoms with Crippen molar-refractivity contribution in [3.8, 4) is 16.9 Å². The van der Waals surface area contributed by atoms with Crippen LogP contribution in [0.1, 0.15) is 50.5 Å². The maximum Gasteiger partial charge on any atom is 0.266 e. The minimum Gasteiger partial charge on any atom is -0.290 e. The van der Waals surface area contributed by atoms with Crippen LogP contribution in [0.25, 0.3) is 23.0 Å². The largest absolute Gasteiger partial charge is 0.290 e. The molecule has 0 atom stereocenters. The van der Waals surface area contributed by atoms with Crippen LogP contribution in [0.15, 0.2) is 70.6 Å². The minimum absolute atomic E-state index is 0.0586. The van der Waals surface area contributed by atoms with E-state index in [0.29, 0.717) is 33.6 Å². The standard InChI is InChI=1S/C29H30N4O3S3/c34-28-26(38-29(37)33(28)24-13-5-6-14-24)19-22-20-32(23-11-3-1-4-12-23)30-27(22)21-10-9-15-25(18-21)39(35,36)31-16-7-2-8-17-31/h1,3-4,9-12,15,18-20,24H,2,5-8,13-14,16-17H2/b26-19-. The molecular weight excluding hydrogens is 549 g/mol. The van der Waals surface area contributed by atoms with Gasteiger partial charge in [-0.05, 0) is 56.0 Å². The van der Waals surface area contributed by atoms with E-state index in [1.165, 1.54) is 11.8 Å². The molecule has 0 N–H and O–H groups in total. The molecule has 3 heterocycles. The second-order valence-corrected chi connectivity index (χ2v) is 13.8. The third-order valence-electron chi connectivity index (χ3n) is 7.62. The van der Waals surface area contributed by atoms with Crippen molar-refractivity contribution < 1.29 is 13.2 Å². The van der Waals surface area contributed by atoms with Crippen LogP contribution in [0.4, 0.5) is 0 Å². The van der Waals surface area contributed by atoms with Crippen molar-refractivity contribution in [1.29, 1.82) is 0 Å². The summed E-state index contributed by atoms with van der Waals surface area (Å²) in [5.41, 5.74) is 2.90. The summed E-state index contributed by atoms with van der Waals surface area (Å²) >= 11 is 6.94. The first-order valence-corrected chi connectivity index (χ1v) is 16.1. The van der Waals surface area contributed by atoms with E-state index >= 15 is 0 Å². The Morgan fingerprint density at radius 3 is 2.44 bits per heavy atom. The van der Waals surface area contributed by atoms with E-state index in [0.717, 1.165) is 56.2 Å². The number of hydrogen-bond acceptors (Lipinski definition) is 6. The molecule has 6 rings (SSSR count). The molecule has 0 bridgehead atoms. The van der Waals surface area contributed by atoms with E-state index in [-0.39, 0.29) is 16.8 Å². The number of benzene rings is 2. The molecule has 10 heteroatoms. The maximum absolute atomic E-state index is 13.4. The van der Waals surface area contributed by atoms with Crippen molar-refractivity contribution in [3.63, 3.8) is 0 Å². The van der Waals surface area contributed by atoms with Gasteiger partial charge in [0.25, 0.3) is 5.91 Å². The van der Waals surface area contributed by atoms with Crippen molar-refractivity contribution in [2.75, 3.05) is 13.1 Å². The lowest BCUT2D eigenvalue weighted by Gasteiger charge is -2.26. The van der Waals surface area contributed by atoms with Gasteiger partial charge < -0.3 is 0 Å². The molecule has 1 aromatic heterocycles. The van der Waals surface area contributed by atoms with Gasteiger partial charge in [-0.15, -0.1) is 0 Å². The van der Waals surface area contributed by atoms with Gasteiger partial charge in [-0.2, -0.15) is 9.40 Å². The van der Waals surface area contributed by atoms with Gasteiger partial charge >= 0.3 is 0 Å². The van der Waals surface area contributed by atoms with Crippen LogP contribution in [0, 0.1) is 0 Å². The van der Waals surface area contributed by atoms with Gasteiger partial charge in [-0.3, -0.25) is 9.69 Å². The molecule has 0 unspecified atom stereocenters. The highest BCUT2D eigenvalue weighted by molar-refractivity contribution is 8.26. The first-order valence-electron chi connectivity index (χ1n) is 13.4. The van der Waals surface area contributed by atoms with E-state index in [1.807, 2.05) is 48.7 Å². The van der Waals surface area contributed by atoms with E-state index < -0.39 is 10.0 Å². The van der Waals surface area contributed by atoms with E-state index in [4.69, 9.17) is 17.3 Å². The Kier molecular flexibility index (Phi) is 7.45. The molecule has 3 fully saturated rings. The maximum atomic E-state index is 13.4. The quantitative estimate of drug-likeness (QED) is 0.270. The molecule has 3 aliphatic rings. The van der Waals surface area contributed by atoms with Crippen LogP contribution in [0.5, 0.6) is 0 Å². The summed E-state index contributed by atoms with van der Waals surface area (Å²) < 4.78 is 30.8. The lowest BCUT2D eigenvalue weighted by Crippen LogP contribution is -2.36. The summed E-state index contributed by atoms with van der Waals surface area (Å²) in [5.74, 6) is -0.0586. The average Bonchev–Trinajstić information content (AvgIpc) is 3.70. The molecule has 1 aliphatic carbocycles. The predicted octanol–water partition coefficient (Wildman–Crippen LogP) is 5.86. The predicted molar refractivity (Wildman–Crippen MR) is 159 cm³/mol. The zero-order valence-corrected chi connectivity index (χ0v) is 24.0. The molecule has 39 heavy (non-hydrogen) atoms. The van der Waals surface area contributed by atoms with Gasteiger partial charge in [-0.1, -0.05) is 73.6 Å². The van der Waals surface area contributed by atoms with Crippen molar-refractivity contribution in [2.45, 2.75) is 55.9 Å². The molecule has 3 aromatic rings. The second kappa shape index (κ2) is 11.0. The highest BCUT2D eigenvalue weighted by atomic mass is 32.2. The Morgan fingerprint density at radius 2 is 1.69 bits per heavy atom. The van der Waals surface area contributed by atoms with Gasteiger partial charge in [0.05, 0.1) is 15.5 Å². The van der Waals surface area contributed by atoms with Crippen LogP contribution in [0.3, 0.4) is 0 Å². The minimum atomic E-state index is -3.60. The van der Waals surface area contributed by atoms with E-state index in [9.17, 15) is 13.2 Å². The Bertz CT molecular complexity index is 1540. The Labute approximate surface area is 238 Å². The number of piperidine rings is 1. The number of para-hydroxylation sites is 1. The van der Waals surface area contributed by atoms with Gasteiger partial charge in [0.15, 0.2) is 0 Å². The molecular formula is C29H30N4O3S3. The van der Waals surface area contributed by atoms with Crippen LogP contribution < -0.4 is 0 Å². The fourth-order valence-electron chi connectivity index (χ4n) is 5.59. The molecule has 1 saturated carbocycles. The van der Waals surface area contributed by atoms with Crippen molar-refractivity contribution in [2.24, 2.45) is 0 Å². The highest BCUT2D eigenvalue weighted by Crippen LogP contribution is 2.39. The molecule has 0 radical (unpaired) electrons. The summed E-state index contributed by atoms with van der Waals surface area (Å²) in [7, 11) is -3.60. The molecule has 202 valence electrons. The van der Waals surface area contributed by atoms with Gasteiger partial charge in [0.1, 0.15) is 10.0 Å². The number of thioether (sulfide) groups is 1. The lowest BCUT2D eigenvalue weighted by molar-refractivity contribution is -0.123. The number of hydrogen-bond donors (Lipinski definition) is 0. The molecule has 2 saturated heterocycles. The number of nitrogens with zero attached hydrogens (tertiary/aromatic N) is 4. The van der Waals surface area contributed by atoms with Crippen molar-refractivity contribution >= 4 is 50.3 Å². The zero-order chi connectivity index (χ0) is 27.0. The molecule has 0 spiro atoms. The van der Waals surface area contributed by atoms with Crippen LogP contribution >= 0.6 is 24.0 Å². The third kappa shape index (κ3) is 5.23. The Balaban J connectivity index is 1.41. The SMILES string of the molecule is O=C1/C(=C/c2cn(-c3ccccc3)nc2-c2cccc(S(=O)(=O)N3CCCCC3)c2)SC(=S)N1C1CCCC1. The van der Waals surface area contributed by atoms with Crippen LogP contribution in [-0.2, 0) is 14.8 Å². The summed E-state index contributed by atoms with van der Waals surface area (Å²) in [4.78, 5) is 16.0. The zero-order valence-electron chi connectivity index (χ0n) is 21.5. The summed E-state index contributed by atoms with van der Waals surface area (Å²) in [6, 6.07) is 16.9. The van der Waals surface area contributed by atoms with E-state index in [1.54, 1.807) is 32.1 Å². The number of amides is 1. The normalized spacial score (nSPS) is 20.4. The Morgan fingerprint density at radius 1 is 0.949 bits per heavy atom. The molecule has 1 amide bonds. The topological polar surface area (TPSA) is 75.5 Å².